The monoisotopic (exact) mass is 502 g/mol. The van der Waals surface area contributed by atoms with E-state index < -0.39 is 0 Å². The molecule has 1 amide bonds. The molecule has 1 aliphatic carbocycles. The Bertz CT molecular complexity index is 656. The predicted molar refractivity (Wildman–Crippen MR) is 126 cm³/mol. The van der Waals surface area contributed by atoms with Gasteiger partial charge in [0.1, 0.15) is 5.82 Å². The summed E-state index contributed by atoms with van der Waals surface area (Å²) in [4.78, 5) is 25.5. The van der Waals surface area contributed by atoms with E-state index in [1.807, 2.05) is 58.3 Å². The molecular formula is C20H35IN6O. The highest BCUT2D eigenvalue weighted by molar-refractivity contribution is 14.0. The standard InChI is InChI=1S/C20H34N6O.HI/c1-6-21-19(23-14-16-9-12-22-17(13-16)25(2)3)24-15-20(10-7-8-11-20)18(27)26(4)5;/h9,12-13H,6-8,10-11,14-15H2,1-5H3,(H2,21,23,24);1H. The van der Waals surface area contributed by atoms with Crippen molar-refractivity contribution in [1.82, 2.24) is 20.5 Å². The average molecular weight is 502 g/mol. The summed E-state index contributed by atoms with van der Waals surface area (Å²) in [6, 6.07) is 4.02. The molecule has 2 rings (SSSR count). The van der Waals surface area contributed by atoms with Crippen molar-refractivity contribution in [3.05, 3.63) is 23.9 Å². The summed E-state index contributed by atoms with van der Waals surface area (Å²) >= 11 is 0. The van der Waals surface area contributed by atoms with Crippen LogP contribution in [0.5, 0.6) is 0 Å². The molecule has 1 fully saturated rings. The Balaban J connectivity index is 0.00000392. The summed E-state index contributed by atoms with van der Waals surface area (Å²) in [5, 5.41) is 6.70. The van der Waals surface area contributed by atoms with Crippen LogP contribution in [-0.2, 0) is 11.3 Å². The predicted octanol–water partition coefficient (Wildman–Crippen LogP) is 2.47. The van der Waals surface area contributed by atoms with Gasteiger partial charge in [-0.15, -0.1) is 24.0 Å². The SMILES string of the molecule is CCNC(=NCc1ccnc(N(C)C)c1)NCC1(C(=O)N(C)C)CCCC1.I. The molecule has 0 saturated heterocycles. The Morgan fingerprint density at radius 1 is 1.21 bits per heavy atom. The van der Waals surface area contributed by atoms with Gasteiger partial charge in [0, 0.05) is 47.5 Å². The van der Waals surface area contributed by atoms with Crippen molar-refractivity contribution in [3.63, 3.8) is 0 Å². The fourth-order valence-electron chi connectivity index (χ4n) is 3.56. The van der Waals surface area contributed by atoms with E-state index in [4.69, 9.17) is 4.99 Å². The second-order valence-electron chi connectivity index (χ2n) is 7.65. The first-order valence-corrected chi connectivity index (χ1v) is 9.74. The summed E-state index contributed by atoms with van der Waals surface area (Å²) < 4.78 is 0. The second-order valence-corrected chi connectivity index (χ2v) is 7.65. The molecule has 0 aromatic carbocycles. The zero-order chi connectivity index (χ0) is 19.9. The molecular weight excluding hydrogens is 467 g/mol. The number of hydrogen-bond donors (Lipinski definition) is 2. The number of hydrogen-bond acceptors (Lipinski definition) is 4. The first kappa shape index (κ1) is 24.5. The number of anilines is 1. The molecule has 158 valence electrons. The van der Waals surface area contributed by atoms with Gasteiger partial charge in [-0.2, -0.15) is 0 Å². The number of aromatic nitrogens is 1. The molecule has 1 saturated carbocycles. The van der Waals surface area contributed by atoms with Crippen LogP contribution >= 0.6 is 24.0 Å². The van der Waals surface area contributed by atoms with E-state index >= 15 is 0 Å². The fourth-order valence-corrected chi connectivity index (χ4v) is 3.56. The van der Waals surface area contributed by atoms with Crippen LogP contribution in [-0.4, -0.2) is 63.0 Å². The van der Waals surface area contributed by atoms with E-state index in [1.165, 1.54) is 0 Å². The number of amides is 1. The molecule has 8 heteroatoms. The first-order valence-electron chi connectivity index (χ1n) is 9.74. The van der Waals surface area contributed by atoms with Gasteiger partial charge in [-0.3, -0.25) is 4.79 Å². The van der Waals surface area contributed by atoms with Gasteiger partial charge in [-0.25, -0.2) is 9.98 Å². The molecule has 1 aromatic rings. The van der Waals surface area contributed by atoms with E-state index in [1.54, 1.807) is 4.90 Å². The van der Waals surface area contributed by atoms with Crippen molar-refractivity contribution in [1.29, 1.82) is 0 Å². The van der Waals surface area contributed by atoms with Crippen molar-refractivity contribution in [2.24, 2.45) is 10.4 Å². The Morgan fingerprint density at radius 3 is 2.46 bits per heavy atom. The average Bonchev–Trinajstić information content (AvgIpc) is 3.13. The third-order valence-electron chi connectivity index (χ3n) is 5.05. The molecule has 28 heavy (non-hydrogen) atoms. The van der Waals surface area contributed by atoms with E-state index in [0.29, 0.717) is 13.1 Å². The maximum atomic E-state index is 12.7. The van der Waals surface area contributed by atoms with Crippen molar-refractivity contribution in [2.75, 3.05) is 46.2 Å². The summed E-state index contributed by atoms with van der Waals surface area (Å²) in [6.45, 7) is 4.01. The minimum atomic E-state index is -0.311. The van der Waals surface area contributed by atoms with E-state index in [-0.39, 0.29) is 35.3 Å². The van der Waals surface area contributed by atoms with Crippen LogP contribution in [0.2, 0.25) is 0 Å². The van der Waals surface area contributed by atoms with E-state index in [0.717, 1.165) is 49.6 Å². The Morgan fingerprint density at radius 2 is 1.89 bits per heavy atom. The molecule has 1 aromatic heterocycles. The zero-order valence-corrected chi connectivity index (χ0v) is 20.1. The Hall–Kier alpha value is -1.58. The number of rotatable bonds is 7. The highest BCUT2D eigenvalue weighted by Crippen LogP contribution is 2.38. The van der Waals surface area contributed by atoms with Gasteiger partial charge >= 0.3 is 0 Å². The lowest BCUT2D eigenvalue weighted by Gasteiger charge is -2.31. The third-order valence-corrected chi connectivity index (χ3v) is 5.05. The van der Waals surface area contributed by atoms with Gasteiger partial charge in [0.05, 0.1) is 12.0 Å². The van der Waals surface area contributed by atoms with Crippen LogP contribution in [0, 0.1) is 5.41 Å². The van der Waals surface area contributed by atoms with Gasteiger partial charge in [0.15, 0.2) is 5.96 Å². The molecule has 1 aliphatic rings. The van der Waals surface area contributed by atoms with Crippen LogP contribution in [0.15, 0.2) is 23.3 Å². The number of aliphatic imine (C=N–C) groups is 1. The number of carbonyl (C=O) groups is 1. The largest absolute Gasteiger partial charge is 0.363 e. The lowest BCUT2D eigenvalue weighted by atomic mass is 9.84. The van der Waals surface area contributed by atoms with E-state index in [9.17, 15) is 4.79 Å². The minimum absolute atomic E-state index is 0. The third kappa shape index (κ3) is 6.49. The summed E-state index contributed by atoms with van der Waals surface area (Å²) in [7, 11) is 7.63. The summed E-state index contributed by atoms with van der Waals surface area (Å²) in [5.41, 5.74) is 0.792. The molecule has 0 aliphatic heterocycles. The van der Waals surface area contributed by atoms with Crippen LogP contribution in [0.3, 0.4) is 0 Å². The number of pyridine rings is 1. The van der Waals surface area contributed by atoms with Crippen molar-refractivity contribution in [3.8, 4) is 0 Å². The number of guanidine groups is 1. The second kappa shape index (κ2) is 11.4. The van der Waals surface area contributed by atoms with Crippen molar-refractivity contribution < 1.29 is 4.79 Å². The zero-order valence-electron chi connectivity index (χ0n) is 17.8. The van der Waals surface area contributed by atoms with Crippen LogP contribution in [0.4, 0.5) is 5.82 Å². The Kier molecular flexibility index (Phi) is 9.98. The first-order chi connectivity index (χ1) is 12.9. The van der Waals surface area contributed by atoms with Gasteiger partial charge in [-0.05, 0) is 37.5 Å². The lowest BCUT2D eigenvalue weighted by Crippen LogP contribution is -2.49. The number of nitrogens with one attached hydrogen (secondary N) is 2. The highest BCUT2D eigenvalue weighted by Gasteiger charge is 2.42. The normalized spacial score (nSPS) is 15.5. The van der Waals surface area contributed by atoms with E-state index in [2.05, 4.69) is 15.6 Å². The molecule has 0 radical (unpaired) electrons. The van der Waals surface area contributed by atoms with Crippen molar-refractivity contribution in [2.45, 2.75) is 39.2 Å². The van der Waals surface area contributed by atoms with Crippen LogP contribution in [0.25, 0.3) is 0 Å². The smallest absolute Gasteiger partial charge is 0.230 e. The van der Waals surface area contributed by atoms with Crippen molar-refractivity contribution >= 4 is 41.7 Å². The maximum Gasteiger partial charge on any atom is 0.230 e. The number of nitrogens with zero attached hydrogens (tertiary/aromatic N) is 4. The quantitative estimate of drug-likeness (QED) is 0.341. The van der Waals surface area contributed by atoms with Gasteiger partial charge < -0.3 is 20.4 Å². The maximum absolute atomic E-state index is 12.7. The number of carbonyl (C=O) groups excluding carboxylic acids is 1. The Labute approximate surface area is 186 Å². The molecule has 0 atom stereocenters. The highest BCUT2D eigenvalue weighted by atomic mass is 127. The fraction of sp³-hybridized carbons (Fsp3) is 0.650. The molecule has 7 nitrogen and oxygen atoms in total. The van der Waals surface area contributed by atoms with Gasteiger partial charge in [0.2, 0.25) is 5.91 Å². The summed E-state index contributed by atoms with van der Waals surface area (Å²) in [6.07, 6.45) is 5.91. The topological polar surface area (TPSA) is 72.9 Å². The van der Waals surface area contributed by atoms with Gasteiger partial charge in [0.25, 0.3) is 0 Å². The molecule has 0 bridgehead atoms. The lowest BCUT2D eigenvalue weighted by molar-refractivity contribution is -0.138. The molecule has 0 spiro atoms. The van der Waals surface area contributed by atoms with Crippen LogP contribution in [0.1, 0.15) is 38.2 Å². The molecule has 1 heterocycles. The number of halogens is 1. The summed E-state index contributed by atoms with van der Waals surface area (Å²) in [5.74, 6) is 1.88. The molecule has 0 unspecified atom stereocenters. The van der Waals surface area contributed by atoms with Gasteiger partial charge in [-0.1, -0.05) is 12.8 Å². The molecule has 2 N–H and O–H groups in total. The minimum Gasteiger partial charge on any atom is -0.363 e. The van der Waals surface area contributed by atoms with Crippen LogP contribution < -0.4 is 15.5 Å².